The predicted octanol–water partition coefficient (Wildman–Crippen LogP) is 2.66. The van der Waals surface area contributed by atoms with Crippen molar-refractivity contribution in [3.8, 4) is 5.75 Å². The summed E-state index contributed by atoms with van der Waals surface area (Å²) in [6, 6.07) is 7.65. The lowest BCUT2D eigenvalue weighted by Crippen LogP contribution is -2.52. The fourth-order valence-electron chi connectivity index (χ4n) is 2.44. The standard InChI is InChI=1S/C16H23ClN2O2/c1-3-13(2)18-8-10-19(11-9-18)16(20)12-21-15-6-4-14(17)5-7-15/h4-7,13H,3,8-12H2,1-2H3/t13-/m1/s1. The molecule has 1 aliphatic heterocycles. The van der Waals surface area contributed by atoms with Crippen LogP contribution >= 0.6 is 11.6 Å². The largest absolute Gasteiger partial charge is 0.484 e. The quantitative estimate of drug-likeness (QED) is 0.838. The molecular weight excluding hydrogens is 288 g/mol. The minimum atomic E-state index is 0.0498. The van der Waals surface area contributed by atoms with Crippen molar-refractivity contribution in [1.29, 1.82) is 0 Å². The second-order valence-corrected chi connectivity index (χ2v) is 5.85. The van der Waals surface area contributed by atoms with E-state index in [4.69, 9.17) is 16.3 Å². The number of hydrogen-bond donors (Lipinski definition) is 0. The van der Waals surface area contributed by atoms with Crippen LogP contribution < -0.4 is 4.74 Å². The second-order valence-electron chi connectivity index (χ2n) is 5.42. The van der Waals surface area contributed by atoms with Gasteiger partial charge in [0.15, 0.2) is 6.61 Å². The molecule has 1 aromatic carbocycles. The SMILES string of the molecule is CC[C@@H](C)N1CCN(C(=O)COc2ccc(Cl)cc2)CC1. The van der Waals surface area contributed by atoms with E-state index in [1.165, 1.54) is 0 Å². The summed E-state index contributed by atoms with van der Waals surface area (Å²) in [4.78, 5) is 16.5. The van der Waals surface area contributed by atoms with E-state index >= 15 is 0 Å². The zero-order chi connectivity index (χ0) is 15.2. The Bertz CT molecular complexity index is 456. The van der Waals surface area contributed by atoms with E-state index in [2.05, 4.69) is 18.7 Å². The first-order chi connectivity index (χ1) is 10.1. The zero-order valence-electron chi connectivity index (χ0n) is 12.7. The fraction of sp³-hybridized carbons (Fsp3) is 0.562. The summed E-state index contributed by atoms with van der Waals surface area (Å²) in [5.74, 6) is 0.722. The van der Waals surface area contributed by atoms with Gasteiger partial charge in [-0.1, -0.05) is 18.5 Å². The molecule has 1 aromatic rings. The summed E-state index contributed by atoms with van der Waals surface area (Å²) >= 11 is 5.81. The van der Waals surface area contributed by atoms with Gasteiger partial charge in [0.1, 0.15) is 5.75 Å². The van der Waals surface area contributed by atoms with Gasteiger partial charge in [-0.2, -0.15) is 0 Å². The molecular formula is C16H23ClN2O2. The monoisotopic (exact) mass is 310 g/mol. The van der Waals surface area contributed by atoms with Gasteiger partial charge in [-0.3, -0.25) is 9.69 Å². The lowest BCUT2D eigenvalue weighted by Gasteiger charge is -2.37. The molecule has 0 unspecified atom stereocenters. The molecule has 0 radical (unpaired) electrons. The van der Waals surface area contributed by atoms with Crippen molar-refractivity contribution in [2.75, 3.05) is 32.8 Å². The number of nitrogens with zero attached hydrogens (tertiary/aromatic N) is 2. The number of carbonyl (C=O) groups is 1. The minimum absolute atomic E-state index is 0.0498. The van der Waals surface area contributed by atoms with Crippen molar-refractivity contribution in [2.24, 2.45) is 0 Å². The van der Waals surface area contributed by atoms with E-state index < -0.39 is 0 Å². The molecule has 2 rings (SSSR count). The zero-order valence-corrected chi connectivity index (χ0v) is 13.5. The Morgan fingerprint density at radius 1 is 1.24 bits per heavy atom. The maximum atomic E-state index is 12.1. The van der Waals surface area contributed by atoms with Crippen LogP contribution in [0.15, 0.2) is 24.3 Å². The summed E-state index contributed by atoms with van der Waals surface area (Å²) in [6.07, 6.45) is 1.15. The number of benzene rings is 1. The molecule has 0 bridgehead atoms. The maximum Gasteiger partial charge on any atom is 0.260 e. The maximum absolute atomic E-state index is 12.1. The van der Waals surface area contributed by atoms with E-state index in [0.29, 0.717) is 16.8 Å². The molecule has 0 aliphatic carbocycles. The van der Waals surface area contributed by atoms with Crippen molar-refractivity contribution in [3.63, 3.8) is 0 Å². The topological polar surface area (TPSA) is 32.8 Å². The van der Waals surface area contributed by atoms with Gasteiger partial charge < -0.3 is 9.64 Å². The minimum Gasteiger partial charge on any atom is -0.484 e. The molecule has 1 atom stereocenters. The van der Waals surface area contributed by atoms with Crippen molar-refractivity contribution < 1.29 is 9.53 Å². The average molecular weight is 311 g/mol. The lowest BCUT2D eigenvalue weighted by molar-refractivity contribution is -0.135. The number of amides is 1. The van der Waals surface area contributed by atoms with Crippen LogP contribution in [-0.4, -0.2) is 54.5 Å². The predicted molar refractivity (Wildman–Crippen MR) is 84.9 cm³/mol. The number of halogens is 1. The van der Waals surface area contributed by atoms with Crippen molar-refractivity contribution in [3.05, 3.63) is 29.3 Å². The number of hydrogen-bond acceptors (Lipinski definition) is 3. The Labute approximate surface area is 131 Å². The van der Waals surface area contributed by atoms with E-state index in [0.717, 1.165) is 32.6 Å². The van der Waals surface area contributed by atoms with Gasteiger partial charge >= 0.3 is 0 Å². The van der Waals surface area contributed by atoms with Crippen LogP contribution in [0.2, 0.25) is 5.02 Å². The Hall–Kier alpha value is -1.26. The van der Waals surface area contributed by atoms with E-state index in [1.54, 1.807) is 24.3 Å². The van der Waals surface area contributed by atoms with Crippen LogP contribution in [0.5, 0.6) is 5.75 Å². The summed E-state index contributed by atoms with van der Waals surface area (Å²) in [7, 11) is 0. The van der Waals surface area contributed by atoms with Gasteiger partial charge in [-0.05, 0) is 37.6 Å². The lowest BCUT2D eigenvalue weighted by atomic mass is 10.2. The van der Waals surface area contributed by atoms with Crippen LogP contribution in [0.4, 0.5) is 0 Å². The molecule has 1 saturated heterocycles. The van der Waals surface area contributed by atoms with Crippen LogP contribution in [0, 0.1) is 0 Å². The summed E-state index contributed by atoms with van der Waals surface area (Å²) in [5.41, 5.74) is 0. The molecule has 21 heavy (non-hydrogen) atoms. The molecule has 1 fully saturated rings. The van der Waals surface area contributed by atoms with Gasteiger partial charge in [0.2, 0.25) is 0 Å². The highest BCUT2D eigenvalue weighted by molar-refractivity contribution is 6.30. The van der Waals surface area contributed by atoms with Gasteiger partial charge in [-0.15, -0.1) is 0 Å². The molecule has 0 spiro atoms. The average Bonchev–Trinajstić information content (AvgIpc) is 2.53. The van der Waals surface area contributed by atoms with Gasteiger partial charge in [0.05, 0.1) is 0 Å². The molecule has 4 nitrogen and oxygen atoms in total. The highest BCUT2D eigenvalue weighted by Gasteiger charge is 2.23. The van der Waals surface area contributed by atoms with Crippen LogP contribution in [0.3, 0.4) is 0 Å². The molecule has 5 heteroatoms. The Kier molecular flexibility index (Phi) is 5.88. The molecule has 116 valence electrons. The van der Waals surface area contributed by atoms with Gasteiger partial charge in [0, 0.05) is 37.2 Å². The molecule has 1 amide bonds. The van der Waals surface area contributed by atoms with E-state index in [9.17, 15) is 4.79 Å². The normalized spacial score (nSPS) is 17.6. The third kappa shape index (κ3) is 4.61. The van der Waals surface area contributed by atoms with Crippen molar-refractivity contribution in [2.45, 2.75) is 26.3 Å². The number of carbonyl (C=O) groups excluding carboxylic acids is 1. The molecule has 1 heterocycles. The molecule has 0 aromatic heterocycles. The Balaban J connectivity index is 1.76. The highest BCUT2D eigenvalue weighted by atomic mass is 35.5. The van der Waals surface area contributed by atoms with Crippen LogP contribution in [-0.2, 0) is 4.79 Å². The number of ether oxygens (including phenoxy) is 1. The third-order valence-electron chi connectivity index (χ3n) is 4.06. The van der Waals surface area contributed by atoms with Gasteiger partial charge in [-0.25, -0.2) is 0 Å². The first kappa shape index (κ1) is 16.1. The Morgan fingerprint density at radius 2 is 1.86 bits per heavy atom. The van der Waals surface area contributed by atoms with E-state index in [-0.39, 0.29) is 12.5 Å². The summed E-state index contributed by atoms with van der Waals surface area (Å²) in [6.45, 7) is 7.98. The third-order valence-corrected chi connectivity index (χ3v) is 4.31. The molecule has 1 aliphatic rings. The van der Waals surface area contributed by atoms with Crippen molar-refractivity contribution in [1.82, 2.24) is 9.80 Å². The smallest absolute Gasteiger partial charge is 0.260 e. The highest BCUT2D eigenvalue weighted by Crippen LogP contribution is 2.16. The number of piperazine rings is 1. The molecule has 0 N–H and O–H groups in total. The first-order valence-corrected chi connectivity index (χ1v) is 7.88. The van der Waals surface area contributed by atoms with Crippen LogP contribution in [0.25, 0.3) is 0 Å². The van der Waals surface area contributed by atoms with Gasteiger partial charge in [0.25, 0.3) is 5.91 Å². The number of rotatable bonds is 5. The molecule has 0 saturated carbocycles. The van der Waals surface area contributed by atoms with Crippen LogP contribution in [0.1, 0.15) is 20.3 Å². The first-order valence-electron chi connectivity index (χ1n) is 7.50. The Morgan fingerprint density at radius 3 is 2.43 bits per heavy atom. The van der Waals surface area contributed by atoms with E-state index in [1.807, 2.05) is 4.90 Å². The van der Waals surface area contributed by atoms with Crippen molar-refractivity contribution >= 4 is 17.5 Å². The summed E-state index contributed by atoms with van der Waals surface area (Å²) < 4.78 is 5.51. The fourth-order valence-corrected chi connectivity index (χ4v) is 2.56. The summed E-state index contributed by atoms with van der Waals surface area (Å²) in [5, 5.41) is 0.662. The second kappa shape index (κ2) is 7.66.